The Morgan fingerprint density at radius 2 is 1.94 bits per heavy atom. The fourth-order valence-corrected chi connectivity index (χ4v) is 2.14. The zero-order chi connectivity index (χ0) is 13.9. The lowest BCUT2D eigenvalue weighted by Crippen LogP contribution is -2.38. The maximum Gasteiger partial charge on any atom is 0.407 e. The molecule has 0 spiro atoms. The molecule has 18 heavy (non-hydrogen) atoms. The van der Waals surface area contributed by atoms with Gasteiger partial charge < -0.3 is 14.8 Å². The van der Waals surface area contributed by atoms with Gasteiger partial charge in [0.1, 0.15) is 5.60 Å². The molecule has 2 unspecified atom stereocenters. The molecule has 0 saturated carbocycles. The summed E-state index contributed by atoms with van der Waals surface area (Å²) < 4.78 is 10.6. The third-order valence-corrected chi connectivity index (χ3v) is 2.99. The summed E-state index contributed by atoms with van der Waals surface area (Å²) in [7, 11) is 0. The van der Waals surface area contributed by atoms with Crippen LogP contribution in [0.3, 0.4) is 0 Å². The molecule has 0 bridgehead atoms. The van der Waals surface area contributed by atoms with Crippen LogP contribution in [0.5, 0.6) is 0 Å². The number of nitrogens with one attached hydrogen (secondary N) is 1. The lowest BCUT2D eigenvalue weighted by molar-refractivity contribution is 0.0502. The van der Waals surface area contributed by atoms with E-state index in [9.17, 15) is 4.79 Å². The first kappa shape index (κ1) is 15.3. The van der Waals surface area contributed by atoms with Crippen molar-refractivity contribution in [2.45, 2.75) is 78.2 Å². The van der Waals surface area contributed by atoms with Crippen LogP contribution in [0.15, 0.2) is 0 Å². The molecule has 1 rings (SSSR count). The average Bonchev–Trinajstić information content (AvgIpc) is 2.75. The van der Waals surface area contributed by atoms with Crippen LogP contribution in [0, 0.1) is 5.92 Å². The van der Waals surface area contributed by atoms with E-state index in [0.717, 1.165) is 12.8 Å². The van der Waals surface area contributed by atoms with Gasteiger partial charge in [0.05, 0.1) is 12.2 Å². The quantitative estimate of drug-likeness (QED) is 0.770. The fourth-order valence-electron chi connectivity index (χ4n) is 2.14. The highest BCUT2D eigenvalue weighted by molar-refractivity contribution is 5.67. The lowest BCUT2D eigenvalue weighted by atomic mass is 9.97. The van der Waals surface area contributed by atoms with Crippen LogP contribution in [0.25, 0.3) is 0 Å². The number of hydrogen-bond acceptors (Lipinski definition) is 3. The number of carbonyl (C=O) groups excluding carboxylic acids is 1. The number of epoxide rings is 1. The minimum atomic E-state index is -0.438. The minimum Gasteiger partial charge on any atom is -0.444 e. The zero-order valence-corrected chi connectivity index (χ0v) is 12.4. The summed E-state index contributed by atoms with van der Waals surface area (Å²) in [4.78, 5) is 11.6. The molecule has 0 aromatic carbocycles. The molecule has 1 heterocycles. The average molecular weight is 257 g/mol. The van der Waals surface area contributed by atoms with Crippen LogP contribution in [-0.4, -0.2) is 29.9 Å². The summed E-state index contributed by atoms with van der Waals surface area (Å²) in [6, 6.07) is 0.129. The molecule has 1 N–H and O–H groups in total. The molecule has 4 heteroatoms. The van der Waals surface area contributed by atoms with Crippen LogP contribution >= 0.6 is 0 Å². The molecule has 0 aromatic heterocycles. The number of ether oxygens (including phenoxy) is 2. The Kier molecular flexibility index (Phi) is 5.02. The van der Waals surface area contributed by atoms with E-state index in [1.807, 2.05) is 27.7 Å². The molecule has 106 valence electrons. The van der Waals surface area contributed by atoms with E-state index in [4.69, 9.17) is 9.47 Å². The third kappa shape index (κ3) is 6.24. The van der Waals surface area contributed by atoms with Gasteiger partial charge >= 0.3 is 6.09 Å². The molecule has 1 amide bonds. The topological polar surface area (TPSA) is 50.9 Å². The molecule has 0 aromatic rings. The van der Waals surface area contributed by atoms with Crippen molar-refractivity contribution in [1.29, 1.82) is 0 Å². The maximum atomic E-state index is 11.6. The molecular weight excluding hydrogens is 230 g/mol. The predicted molar refractivity (Wildman–Crippen MR) is 71.6 cm³/mol. The number of rotatable bonds is 5. The SMILES string of the molecule is CC(C[C@@H](C)CC1O[C@@H]1C)NC(=O)OC(C)(C)C. The second-order valence-corrected chi connectivity index (χ2v) is 6.50. The molecule has 4 nitrogen and oxygen atoms in total. The van der Waals surface area contributed by atoms with Crippen LogP contribution in [0.4, 0.5) is 4.79 Å². The van der Waals surface area contributed by atoms with E-state index < -0.39 is 5.60 Å². The Balaban J connectivity index is 2.19. The van der Waals surface area contributed by atoms with Gasteiger partial charge in [-0.05, 0) is 53.4 Å². The van der Waals surface area contributed by atoms with Gasteiger partial charge in [-0.25, -0.2) is 4.79 Å². The summed E-state index contributed by atoms with van der Waals surface area (Å²) in [5.74, 6) is 0.546. The van der Waals surface area contributed by atoms with Gasteiger partial charge in [-0.3, -0.25) is 0 Å². The highest BCUT2D eigenvalue weighted by Crippen LogP contribution is 2.29. The Morgan fingerprint density at radius 3 is 2.39 bits per heavy atom. The summed E-state index contributed by atoms with van der Waals surface area (Å²) in [5.41, 5.74) is -0.438. The van der Waals surface area contributed by atoms with Crippen molar-refractivity contribution in [3.63, 3.8) is 0 Å². The van der Waals surface area contributed by atoms with Crippen molar-refractivity contribution in [3.8, 4) is 0 Å². The molecule has 1 aliphatic rings. The first-order valence-electron chi connectivity index (χ1n) is 6.82. The van der Waals surface area contributed by atoms with Gasteiger partial charge in [-0.1, -0.05) is 6.92 Å². The summed E-state index contributed by atoms with van der Waals surface area (Å²) >= 11 is 0. The molecule has 1 aliphatic heterocycles. The highest BCUT2D eigenvalue weighted by Gasteiger charge is 2.35. The van der Waals surface area contributed by atoms with E-state index in [0.29, 0.717) is 18.1 Å². The summed E-state index contributed by atoms with van der Waals surface area (Å²) in [6.45, 7) is 11.9. The number of hydrogen-bond donors (Lipinski definition) is 1. The van der Waals surface area contributed by atoms with E-state index in [2.05, 4.69) is 19.2 Å². The lowest BCUT2D eigenvalue weighted by Gasteiger charge is -2.23. The van der Waals surface area contributed by atoms with Crippen molar-refractivity contribution >= 4 is 6.09 Å². The highest BCUT2D eigenvalue weighted by atomic mass is 16.6. The Hall–Kier alpha value is -0.770. The van der Waals surface area contributed by atoms with Gasteiger partial charge in [0.25, 0.3) is 0 Å². The Bertz CT molecular complexity index is 285. The Morgan fingerprint density at radius 1 is 1.39 bits per heavy atom. The smallest absolute Gasteiger partial charge is 0.407 e. The molecule has 0 aliphatic carbocycles. The Labute approximate surface area is 110 Å². The van der Waals surface area contributed by atoms with Crippen LogP contribution in [0.1, 0.15) is 54.4 Å². The minimum absolute atomic E-state index is 0.129. The van der Waals surface area contributed by atoms with Crippen molar-refractivity contribution < 1.29 is 14.3 Å². The van der Waals surface area contributed by atoms with Gasteiger partial charge in [-0.2, -0.15) is 0 Å². The second-order valence-electron chi connectivity index (χ2n) is 6.50. The van der Waals surface area contributed by atoms with E-state index in [1.165, 1.54) is 0 Å². The normalized spacial score (nSPS) is 26.3. The van der Waals surface area contributed by atoms with Crippen molar-refractivity contribution in [2.24, 2.45) is 5.92 Å². The predicted octanol–water partition coefficient (Wildman–Crippen LogP) is 3.10. The van der Waals surface area contributed by atoms with Gasteiger partial charge in [0.2, 0.25) is 0 Å². The first-order chi connectivity index (χ1) is 8.17. The number of carbonyl (C=O) groups is 1. The first-order valence-corrected chi connectivity index (χ1v) is 6.82. The molecule has 0 radical (unpaired) electrons. The molecule has 1 fully saturated rings. The third-order valence-electron chi connectivity index (χ3n) is 2.99. The largest absolute Gasteiger partial charge is 0.444 e. The van der Waals surface area contributed by atoms with Gasteiger partial charge in [0.15, 0.2) is 0 Å². The van der Waals surface area contributed by atoms with Crippen molar-refractivity contribution in [1.82, 2.24) is 5.32 Å². The van der Waals surface area contributed by atoms with Crippen LogP contribution < -0.4 is 5.32 Å². The zero-order valence-electron chi connectivity index (χ0n) is 12.4. The summed E-state index contributed by atoms with van der Waals surface area (Å²) in [5, 5.41) is 2.87. The van der Waals surface area contributed by atoms with Gasteiger partial charge in [-0.15, -0.1) is 0 Å². The van der Waals surface area contributed by atoms with Crippen molar-refractivity contribution in [3.05, 3.63) is 0 Å². The van der Waals surface area contributed by atoms with Crippen LogP contribution in [0.2, 0.25) is 0 Å². The van der Waals surface area contributed by atoms with Gasteiger partial charge in [0, 0.05) is 6.04 Å². The number of alkyl carbamates (subject to hydrolysis) is 1. The van der Waals surface area contributed by atoms with Crippen LogP contribution in [-0.2, 0) is 9.47 Å². The maximum absolute atomic E-state index is 11.6. The van der Waals surface area contributed by atoms with Crippen molar-refractivity contribution in [2.75, 3.05) is 0 Å². The van der Waals surface area contributed by atoms with E-state index in [-0.39, 0.29) is 12.1 Å². The fraction of sp³-hybridized carbons (Fsp3) is 0.929. The molecule has 1 saturated heterocycles. The summed E-state index contributed by atoms with van der Waals surface area (Å²) in [6.07, 6.45) is 2.53. The second kappa shape index (κ2) is 5.91. The monoisotopic (exact) mass is 257 g/mol. The number of amides is 1. The molecule has 4 atom stereocenters. The standard InChI is InChI=1S/C14H27NO3/c1-9(8-12-11(3)17-12)7-10(2)15-13(16)18-14(4,5)6/h9-12H,7-8H2,1-6H3,(H,15,16)/t9-,10?,11-,12?/m1/s1. The van der Waals surface area contributed by atoms with E-state index in [1.54, 1.807) is 0 Å². The van der Waals surface area contributed by atoms with E-state index >= 15 is 0 Å². The molecular formula is C14H27NO3.